The molecule has 6 heteroatoms. The van der Waals surface area contributed by atoms with Gasteiger partial charge in [0.1, 0.15) is 11.3 Å². The molecule has 0 fully saturated rings. The lowest BCUT2D eigenvalue weighted by atomic mass is 10.2. The van der Waals surface area contributed by atoms with Crippen LogP contribution in [0.1, 0.15) is 10.4 Å². The smallest absolute Gasteiger partial charge is 0.255 e. The van der Waals surface area contributed by atoms with Crippen LogP contribution in [-0.2, 0) is 0 Å². The second kappa shape index (κ2) is 5.00. The first kappa shape index (κ1) is 12.2. The first-order valence-corrected chi connectivity index (χ1v) is 6.04. The zero-order chi connectivity index (χ0) is 13.9. The van der Waals surface area contributed by atoms with E-state index in [1.165, 1.54) is 6.39 Å². The lowest BCUT2D eigenvalue weighted by molar-refractivity contribution is 0.102. The number of fused-ring (bicyclic) bond motifs is 1. The number of rotatable bonds is 3. The number of hydrogen-bond donors (Lipinski definition) is 2. The molecule has 0 aliphatic rings. The Bertz CT molecular complexity index is 749. The summed E-state index contributed by atoms with van der Waals surface area (Å²) in [6, 6.07) is 8.68. The van der Waals surface area contributed by atoms with Gasteiger partial charge in [0.25, 0.3) is 5.91 Å². The van der Waals surface area contributed by atoms with Gasteiger partial charge in [-0.25, -0.2) is 9.97 Å². The van der Waals surface area contributed by atoms with Crippen LogP contribution in [0.4, 0.5) is 11.5 Å². The number of oxazole rings is 1. The lowest BCUT2D eigenvalue weighted by Gasteiger charge is -2.05. The predicted molar refractivity (Wildman–Crippen MR) is 75.7 cm³/mol. The van der Waals surface area contributed by atoms with Gasteiger partial charge < -0.3 is 15.1 Å². The van der Waals surface area contributed by atoms with Crippen LogP contribution >= 0.6 is 0 Å². The van der Waals surface area contributed by atoms with Crippen molar-refractivity contribution in [2.75, 3.05) is 17.7 Å². The van der Waals surface area contributed by atoms with Gasteiger partial charge in [-0.2, -0.15) is 0 Å². The van der Waals surface area contributed by atoms with E-state index >= 15 is 0 Å². The summed E-state index contributed by atoms with van der Waals surface area (Å²) >= 11 is 0. The molecule has 2 heterocycles. The Morgan fingerprint density at radius 2 is 2.10 bits per heavy atom. The number of benzene rings is 1. The van der Waals surface area contributed by atoms with Crippen molar-refractivity contribution in [2.24, 2.45) is 0 Å². The first-order valence-electron chi connectivity index (χ1n) is 6.04. The molecular formula is C14H12N4O2. The van der Waals surface area contributed by atoms with E-state index in [0.717, 1.165) is 11.3 Å². The number of carbonyl (C=O) groups is 1. The van der Waals surface area contributed by atoms with Crippen molar-refractivity contribution in [2.45, 2.75) is 0 Å². The molecule has 0 aliphatic heterocycles. The van der Waals surface area contributed by atoms with E-state index < -0.39 is 0 Å². The molecule has 0 atom stereocenters. The number of anilines is 2. The van der Waals surface area contributed by atoms with E-state index in [9.17, 15) is 4.79 Å². The van der Waals surface area contributed by atoms with Gasteiger partial charge in [-0.3, -0.25) is 4.79 Å². The quantitative estimate of drug-likeness (QED) is 0.763. The van der Waals surface area contributed by atoms with Crippen molar-refractivity contribution in [3.05, 3.63) is 48.5 Å². The second-order valence-electron chi connectivity index (χ2n) is 4.17. The van der Waals surface area contributed by atoms with Gasteiger partial charge >= 0.3 is 0 Å². The number of hydrogen-bond acceptors (Lipinski definition) is 5. The SMILES string of the molecule is CNc1ccc(NC(=O)c2ccc3ncoc3c2)cn1. The minimum Gasteiger partial charge on any atom is -0.443 e. The standard InChI is InChI=1S/C14H12N4O2/c1-15-13-5-3-10(7-16-13)18-14(19)9-2-4-11-12(6-9)20-8-17-11/h2-8H,1H3,(H,15,16)(H,18,19). The van der Waals surface area contributed by atoms with Gasteiger partial charge in [-0.15, -0.1) is 0 Å². The highest BCUT2D eigenvalue weighted by molar-refractivity contribution is 6.05. The number of nitrogens with one attached hydrogen (secondary N) is 2. The van der Waals surface area contributed by atoms with Crippen molar-refractivity contribution in [1.29, 1.82) is 0 Å². The summed E-state index contributed by atoms with van der Waals surface area (Å²) in [4.78, 5) is 20.3. The zero-order valence-corrected chi connectivity index (χ0v) is 10.8. The average molecular weight is 268 g/mol. The van der Waals surface area contributed by atoms with Gasteiger partial charge in [0, 0.05) is 12.6 Å². The zero-order valence-electron chi connectivity index (χ0n) is 10.8. The fourth-order valence-corrected chi connectivity index (χ4v) is 1.82. The highest BCUT2D eigenvalue weighted by atomic mass is 16.3. The van der Waals surface area contributed by atoms with Crippen molar-refractivity contribution in [3.63, 3.8) is 0 Å². The van der Waals surface area contributed by atoms with E-state index in [2.05, 4.69) is 20.6 Å². The molecule has 20 heavy (non-hydrogen) atoms. The molecule has 3 rings (SSSR count). The molecule has 0 aliphatic carbocycles. The molecule has 2 aromatic heterocycles. The number of aromatic nitrogens is 2. The molecule has 0 bridgehead atoms. The Hall–Kier alpha value is -2.89. The molecule has 100 valence electrons. The van der Waals surface area contributed by atoms with Gasteiger partial charge in [-0.05, 0) is 30.3 Å². The summed E-state index contributed by atoms with van der Waals surface area (Å²) in [5, 5.41) is 5.69. The van der Waals surface area contributed by atoms with E-state index in [1.54, 1.807) is 43.6 Å². The van der Waals surface area contributed by atoms with E-state index in [1.807, 2.05) is 0 Å². The van der Waals surface area contributed by atoms with E-state index in [4.69, 9.17) is 4.42 Å². The molecule has 0 saturated heterocycles. The largest absolute Gasteiger partial charge is 0.443 e. The number of pyridine rings is 1. The summed E-state index contributed by atoms with van der Waals surface area (Å²) in [5.74, 6) is 0.522. The lowest BCUT2D eigenvalue weighted by Crippen LogP contribution is -2.12. The molecule has 0 spiro atoms. The molecule has 3 aromatic rings. The fraction of sp³-hybridized carbons (Fsp3) is 0.0714. The van der Waals surface area contributed by atoms with Crippen LogP contribution in [0.3, 0.4) is 0 Å². The second-order valence-corrected chi connectivity index (χ2v) is 4.17. The predicted octanol–water partition coefficient (Wildman–Crippen LogP) is 2.52. The Balaban J connectivity index is 1.80. The average Bonchev–Trinajstić information content (AvgIpc) is 2.95. The summed E-state index contributed by atoms with van der Waals surface area (Å²) in [7, 11) is 1.78. The molecule has 1 amide bonds. The summed E-state index contributed by atoms with van der Waals surface area (Å²) in [6.45, 7) is 0. The van der Waals surface area contributed by atoms with Crippen LogP contribution in [0.25, 0.3) is 11.1 Å². The van der Waals surface area contributed by atoms with Gasteiger partial charge in [0.05, 0.1) is 11.9 Å². The molecule has 0 radical (unpaired) electrons. The summed E-state index contributed by atoms with van der Waals surface area (Å²) < 4.78 is 5.18. The third-order valence-electron chi connectivity index (χ3n) is 2.87. The van der Waals surface area contributed by atoms with Crippen molar-refractivity contribution < 1.29 is 9.21 Å². The molecule has 2 N–H and O–H groups in total. The third-order valence-corrected chi connectivity index (χ3v) is 2.87. The number of nitrogens with zero attached hydrogens (tertiary/aromatic N) is 2. The van der Waals surface area contributed by atoms with Crippen LogP contribution in [-0.4, -0.2) is 22.9 Å². The Morgan fingerprint density at radius 3 is 2.85 bits per heavy atom. The van der Waals surface area contributed by atoms with Gasteiger partial charge in [0.2, 0.25) is 0 Å². The summed E-state index contributed by atoms with van der Waals surface area (Å²) in [6.07, 6.45) is 2.95. The van der Waals surface area contributed by atoms with Crippen molar-refractivity contribution in [1.82, 2.24) is 9.97 Å². The topological polar surface area (TPSA) is 80.0 Å². The molecular weight excluding hydrogens is 256 g/mol. The maximum atomic E-state index is 12.1. The van der Waals surface area contributed by atoms with Gasteiger partial charge in [0.15, 0.2) is 12.0 Å². The van der Waals surface area contributed by atoms with Crippen LogP contribution in [0.15, 0.2) is 47.3 Å². The van der Waals surface area contributed by atoms with Crippen molar-refractivity contribution in [3.8, 4) is 0 Å². The van der Waals surface area contributed by atoms with Crippen LogP contribution in [0, 0.1) is 0 Å². The van der Waals surface area contributed by atoms with Crippen LogP contribution in [0.5, 0.6) is 0 Å². The highest BCUT2D eigenvalue weighted by Gasteiger charge is 2.09. The van der Waals surface area contributed by atoms with Crippen LogP contribution < -0.4 is 10.6 Å². The number of carbonyl (C=O) groups excluding carboxylic acids is 1. The normalized spacial score (nSPS) is 10.4. The Kier molecular flexibility index (Phi) is 3.04. The first-order chi connectivity index (χ1) is 9.76. The highest BCUT2D eigenvalue weighted by Crippen LogP contribution is 2.16. The van der Waals surface area contributed by atoms with Crippen molar-refractivity contribution >= 4 is 28.5 Å². The third kappa shape index (κ3) is 2.31. The minimum atomic E-state index is -0.220. The maximum Gasteiger partial charge on any atom is 0.255 e. The molecule has 0 unspecified atom stereocenters. The summed E-state index contributed by atoms with van der Waals surface area (Å²) in [5.41, 5.74) is 2.45. The molecule has 1 aromatic carbocycles. The fourth-order valence-electron chi connectivity index (χ4n) is 1.82. The number of amides is 1. The monoisotopic (exact) mass is 268 g/mol. The minimum absolute atomic E-state index is 0.220. The molecule has 0 saturated carbocycles. The maximum absolute atomic E-state index is 12.1. The van der Waals surface area contributed by atoms with E-state index in [-0.39, 0.29) is 5.91 Å². The Labute approximate surface area is 114 Å². The molecule has 6 nitrogen and oxygen atoms in total. The van der Waals surface area contributed by atoms with Gasteiger partial charge in [-0.1, -0.05) is 0 Å². The Morgan fingerprint density at radius 1 is 1.20 bits per heavy atom. The van der Waals surface area contributed by atoms with E-state index in [0.29, 0.717) is 16.8 Å². The van der Waals surface area contributed by atoms with Crippen LogP contribution in [0.2, 0.25) is 0 Å².